The van der Waals surface area contributed by atoms with Gasteiger partial charge in [0.05, 0.1) is 16.4 Å². The second kappa shape index (κ2) is 5.59. The molecule has 0 spiro atoms. The Labute approximate surface area is 118 Å². The predicted octanol–water partition coefficient (Wildman–Crippen LogP) is 4.44. The molecule has 2 aromatic rings. The van der Waals surface area contributed by atoms with E-state index >= 15 is 0 Å². The number of hydrogen-bond donors (Lipinski definition) is 2. The van der Waals surface area contributed by atoms with E-state index in [-0.39, 0.29) is 5.02 Å². The zero-order valence-corrected chi connectivity index (χ0v) is 11.7. The molecule has 0 radical (unpaired) electrons. The molecule has 0 fully saturated rings. The molecular weight excluding hydrogens is 319 g/mol. The molecule has 94 valence electrons. The maximum Gasteiger partial charge on any atom is 0.143 e. The van der Waals surface area contributed by atoms with E-state index in [2.05, 4.69) is 21.2 Å². The Morgan fingerprint density at radius 1 is 1.22 bits per heavy atom. The molecule has 2 rings (SSSR count). The Morgan fingerprint density at radius 3 is 2.56 bits per heavy atom. The molecule has 0 aliphatic heterocycles. The van der Waals surface area contributed by atoms with Crippen molar-refractivity contribution in [2.24, 2.45) is 0 Å². The number of halogens is 3. The number of anilines is 2. The van der Waals surface area contributed by atoms with Crippen LogP contribution in [0.3, 0.4) is 0 Å². The van der Waals surface area contributed by atoms with Gasteiger partial charge in [-0.1, -0.05) is 39.7 Å². The van der Waals surface area contributed by atoms with Gasteiger partial charge in [-0.15, -0.1) is 0 Å². The third kappa shape index (κ3) is 3.15. The van der Waals surface area contributed by atoms with Gasteiger partial charge in [-0.25, -0.2) is 4.39 Å². The van der Waals surface area contributed by atoms with Crippen molar-refractivity contribution in [3.05, 3.63) is 57.3 Å². The highest BCUT2D eigenvalue weighted by atomic mass is 79.9. The van der Waals surface area contributed by atoms with Crippen LogP contribution in [-0.2, 0) is 6.54 Å². The second-order valence-corrected chi connectivity index (χ2v) is 5.16. The fourth-order valence-corrected chi connectivity index (χ4v) is 1.94. The van der Waals surface area contributed by atoms with Crippen LogP contribution in [0.1, 0.15) is 5.56 Å². The number of hydrogen-bond acceptors (Lipinski definition) is 2. The lowest BCUT2D eigenvalue weighted by Crippen LogP contribution is -2.03. The molecule has 18 heavy (non-hydrogen) atoms. The summed E-state index contributed by atoms with van der Waals surface area (Å²) in [7, 11) is 0. The van der Waals surface area contributed by atoms with Crippen LogP contribution in [0.15, 0.2) is 40.9 Å². The van der Waals surface area contributed by atoms with Gasteiger partial charge in [0.1, 0.15) is 5.82 Å². The van der Waals surface area contributed by atoms with Crippen molar-refractivity contribution in [1.82, 2.24) is 0 Å². The quantitative estimate of drug-likeness (QED) is 0.817. The van der Waals surface area contributed by atoms with Gasteiger partial charge in [-0.3, -0.25) is 0 Å². The molecule has 0 heterocycles. The van der Waals surface area contributed by atoms with E-state index in [1.807, 2.05) is 24.3 Å². The van der Waals surface area contributed by atoms with E-state index in [4.69, 9.17) is 17.3 Å². The maximum absolute atomic E-state index is 13.1. The first-order valence-corrected chi connectivity index (χ1v) is 6.46. The van der Waals surface area contributed by atoms with Gasteiger partial charge in [0, 0.05) is 17.1 Å². The summed E-state index contributed by atoms with van der Waals surface area (Å²) in [5.41, 5.74) is 7.78. The molecule has 5 heteroatoms. The van der Waals surface area contributed by atoms with Crippen LogP contribution in [0.5, 0.6) is 0 Å². The average molecular weight is 330 g/mol. The molecule has 3 N–H and O–H groups in total. The lowest BCUT2D eigenvalue weighted by Gasteiger charge is -2.10. The first-order chi connectivity index (χ1) is 8.56. The lowest BCUT2D eigenvalue weighted by atomic mass is 10.2. The van der Waals surface area contributed by atoms with E-state index in [9.17, 15) is 4.39 Å². The summed E-state index contributed by atoms with van der Waals surface area (Å²) in [6.45, 7) is 0.597. The van der Waals surface area contributed by atoms with Crippen molar-refractivity contribution in [2.45, 2.75) is 6.54 Å². The fraction of sp³-hybridized carbons (Fsp3) is 0.0769. The summed E-state index contributed by atoms with van der Waals surface area (Å²) < 4.78 is 14.1. The van der Waals surface area contributed by atoms with Crippen molar-refractivity contribution in [1.29, 1.82) is 0 Å². The summed E-state index contributed by atoms with van der Waals surface area (Å²) in [5.74, 6) is -0.511. The van der Waals surface area contributed by atoms with E-state index in [1.54, 1.807) is 0 Å². The molecule has 0 saturated carbocycles. The molecule has 0 aliphatic rings. The average Bonchev–Trinajstić information content (AvgIpc) is 2.34. The largest absolute Gasteiger partial charge is 0.397 e. The number of nitrogens with two attached hydrogens (primary N) is 1. The molecule has 0 saturated heterocycles. The highest BCUT2D eigenvalue weighted by Gasteiger charge is 2.05. The zero-order valence-electron chi connectivity index (χ0n) is 9.38. The lowest BCUT2D eigenvalue weighted by molar-refractivity contribution is 0.629. The van der Waals surface area contributed by atoms with Crippen LogP contribution < -0.4 is 11.1 Å². The Bertz CT molecular complexity index is 558. The SMILES string of the molecule is Nc1cc(F)c(Cl)cc1NCc1ccc(Br)cc1. The summed E-state index contributed by atoms with van der Waals surface area (Å²) >= 11 is 9.08. The van der Waals surface area contributed by atoms with Crippen LogP contribution in [0.2, 0.25) is 5.02 Å². The summed E-state index contributed by atoms with van der Waals surface area (Å²) in [4.78, 5) is 0. The number of nitrogens with one attached hydrogen (secondary N) is 1. The smallest absolute Gasteiger partial charge is 0.143 e. The van der Waals surface area contributed by atoms with Crippen LogP contribution in [0.25, 0.3) is 0 Å². The minimum absolute atomic E-state index is 0.0579. The first kappa shape index (κ1) is 13.2. The second-order valence-electron chi connectivity index (χ2n) is 3.83. The molecular formula is C13H11BrClFN2. The van der Waals surface area contributed by atoms with E-state index in [0.29, 0.717) is 17.9 Å². The minimum atomic E-state index is -0.511. The summed E-state index contributed by atoms with van der Waals surface area (Å²) in [6, 6.07) is 10.6. The predicted molar refractivity (Wildman–Crippen MR) is 77.3 cm³/mol. The van der Waals surface area contributed by atoms with Crippen molar-refractivity contribution in [2.75, 3.05) is 11.1 Å². The Morgan fingerprint density at radius 2 is 1.89 bits per heavy atom. The zero-order chi connectivity index (χ0) is 13.1. The molecule has 0 unspecified atom stereocenters. The van der Waals surface area contributed by atoms with Crippen LogP contribution in [0.4, 0.5) is 15.8 Å². The van der Waals surface area contributed by atoms with Gasteiger partial charge < -0.3 is 11.1 Å². The highest BCUT2D eigenvalue weighted by Crippen LogP contribution is 2.26. The van der Waals surface area contributed by atoms with Crippen LogP contribution in [-0.4, -0.2) is 0 Å². The maximum atomic E-state index is 13.1. The molecule has 0 atom stereocenters. The van der Waals surface area contributed by atoms with E-state index in [0.717, 1.165) is 10.0 Å². The molecule has 0 bridgehead atoms. The van der Waals surface area contributed by atoms with Crippen molar-refractivity contribution >= 4 is 38.9 Å². The first-order valence-electron chi connectivity index (χ1n) is 5.29. The Balaban J connectivity index is 2.10. The van der Waals surface area contributed by atoms with Gasteiger partial charge >= 0.3 is 0 Å². The normalized spacial score (nSPS) is 10.4. The minimum Gasteiger partial charge on any atom is -0.397 e. The van der Waals surface area contributed by atoms with Gasteiger partial charge in [0.2, 0.25) is 0 Å². The van der Waals surface area contributed by atoms with Crippen molar-refractivity contribution in [3.63, 3.8) is 0 Å². The van der Waals surface area contributed by atoms with E-state index in [1.165, 1.54) is 12.1 Å². The number of nitrogen functional groups attached to an aromatic ring is 1. The molecule has 2 nitrogen and oxygen atoms in total. The molecule has 0 aromatic heterocycles. The highest BCUT2D eigenvalue weighted by molar-refractivity contribution is 9.10. The molecule has 2 aromatic carbocycles. The standard InChI is InChI=1S/C13H11BrClFN2/c14-9-3-1-8(2-4-9)7-18-13-5-10(15)11(16)6-12(13)17/h1-6,18H,7,17H2. The Hall–Kier alpha value is -1.26. The van der Waals surface area contributed by atoms with Gasteiger partial charge in [0.25, 0.3) is 0 Å². The van der Waals surface area contributed by atoms with Crippen molar-refractivity contribution < 1.29 is 4.39 Å². The number of rotatable bonds is 3. The topological polar surface area (TPSA) is 38.0 Å². The fourth-order valence-electron chi connectivity index (χ4n) is 1.51. The monoisotopic (exact) mass is 328 g/mol. The van der Waals surface area contributed by atoms with E-state index < -0.39 is 5.82 Å². The third-order valence-corrected chi connectivity index (χ3v) is 3.31. The van der Waals surface area contributed by atoms with Gasteiger partial charge in [-0.2, -0.15) is 0 Å². The van der Waals surface area contributed by atoms with Gasteiger partial charge in [-0.05, 0) is 23.8 Å². The van der Waals surface area contributed by atoms with Crippen LogP contribution >= 0.6 is 27.5 Å². The summed E-state index contributed by atoms with van der Waals surface area (Å²) in [5, 5.41) is 3.18. The third-order valence-electron chi connectivity index (χ3n) is 2.49. The summed E-state index contributed by atoms with van der Waals surface area (Å²) in [6.07, 6.45) is 0. The Kier molecular flexibility index (Phi) is 4.09. The van der Waals surface area contributed by atoms with Crippen molar-refractivity contribution in [3.8, 4) is 0 Å². The molecule has 0 amide bonds. The van der Waals surface area contributed by atoms with Crippen LogP contribution in [0, 0.1) is 5.82 Å². The van der Waals surface area contributed by atoms with Gasteiger partial charge in [0.15, 0.2) is 0 Å². The number of benzene rings is 2. The molecule has 0 aliphatic carbocycles.